The number of rotatable bonds is 2. The Bertz CT molecular complexity index is 494. The van der Waals surface area contributed by atoms with Crippen LogP contribution in [0.3, 0.4) is 0 Å². The van der Waals surface area contributed by atoms with Gasteiger partial charge in [0.2, 0.25) is 0 Å². The summed E-state index contributed by atoms with van der Waals surface area (Å²) in [4.78, 5) is 0. The lowest BCUT2D eigenvalue weighted by molar-refractivity contribution is 0.442. The maximum Gasteiger partial charge on any atom is 0.277 e. The van der Waals surface area contributed by atoms with E-state index in [1.807, 2.05) is 36.4 Å². The lowest BCUT2D eigenvalue weighted by Crippen LogP contribution is -2.39. The molecule has 0 aromatic heterocycles. The molecule has 86 valence electrons. The minimum Gasteiger partial charge on any atom is -0.216 e. The smallest absolute Gasteiger partial charge is 0.216 e. The van der Waals surface area contributed by atoms with Crippen molar-refractivity contribution < 1.29 is 8.42 Å². The van der Waals surface area contributed by atoms with Crippen molar-refractivity contribution >= 4 is 15.8 Å². The Hall–Kier alpha value is -1.17. The van der Waals surface area contributed by atoms with Crippen LogP contribution in [0.5, 0.6) is 0 Å². The Labute approximate surface area is 95.6 Å². The average Bonchev–Trinajstić information content (AvgIpc) is 2.29. The molecule has 0 aliphatic carbocycles. The molecule has 16 heavy (non-hydrogen) atoms. The van der Waals surface area contributed by atoms with Gasteiger partial charge in [0, 0.05) is 13.1 Å². The molecule has 0 saturated heterocycles. The van der Waals surface area contributed by atoms with E-state index < -0.39 is 10.2 Å². The maximum absolute atomic E-state index is 11.1. The summed E-state index contributed by atoms with van der Waals surface area (Å²) < 4.78 is 23.5. The van der Waals surface area contributed by atoms with E-state index in [0.29, 0.717) is 19.5 Å². The van der Waals surface area contributed by atoms with Crippen molar-refractivity contribution in [2.75, 3.05) is 13.1 Å². The van der Waals surface area contributed by atoms with Gasteiger partial charge in [0.1, 0.15) is 0 Å². The molecule has 1 aromatic carbocycles. The lowest BCUT2D eigenvalue weighted by Gasteiger charge is -2.23. The fourth-order valence-electron chi connectivity index (χ4n) is 1.80. The molecule has 2 rings (SSSR count). The van der Waals surface area contributed by atoms with Crippen LogP contribution >= 0.6 is 0 Å². The third kappa shape index (κ3) is 2.49. The molecule has 0 amide bonds. The van der Waals surface area contributed by atoms with Crippen LogP contribution < -0.4 is 5.14 Å². The zero-order chi connectivity index (χ0) is 11.6. The highest BCUT2D eigenvalue weighted by Gasteiger charge is 2.20. The molecule has 2 N–H and O–H groups in total. The van der Waals surface area contributed by atoms with Gasteiger partial charge in [-0.3, -0.25) is 0 Å². The number of hydrogen-bond donors (Lipinski definition) is 1. The van der Waals surface area contributed by atoms with E-state index in [2.05, 4.69) is 0 Å². The highest BCUT2D eigenvalue weighted by Crippen LogP contribution is 2.22. The van der Waals surface area contributed by atoms with Gasteiger partial charge < -0.3 is 0 Å². The van der Waals surface area contributed by atoms with Crippen LogP contribution in [-0.2, 0) is 10.2 Å². The molecule has 0 saturated carbocycles. The summed E-state index contributed by atoms with van der Waals surface area (Å²) in [7, 11) is -3.54. The monoisotopic (exact) mass is 238 g/mol. The molecule has 0 spiro atoms. The van der Waals surface area contributed by atoms with Crippen molar-refractivity contribution in [2.45, 2.75) is 6.42 Å². The SMILES string of the molecule is NS(=O)(=O)N1CC=C(c2ccccc2)CC1. The predicted octanol–water partition coefficient (Wildman–Crippen LogP) is 0.979. The Kier molecular flexibility index (Phi) is 3.09. The second-order valence-electron chi connectivity index (χ2n) is 3.75. The van der Waals surface area contributed by atoms with Gasteiger partial charge in [-0.25, -0.2) is 5.14 Å². The highest BCUT2D eigenvalue weighted by atomic mass is 32.2. The van der Waals surface area contributed by atoms with E-state index in [1.165, 1.54) is 9.88 Å². The predicted molar refractivity (Wildman–Crippen MR) is 63.7 cm³/mol. The van der Waals surface area contributed by atoms with E-state index in [-0.39, 0.29) is 0 Å². The van der Waals surface area contributed by atoms with Gasteiger partial charge in [-0.1, -0.05) is 36.4 Å². The van der Waals surface area contributed by atoms with Crippen LogP contribution in [0.15, 0.2) is 36.4 Å². The van der Waals surface area contributed by atoms with Gasteiger partial charge in [0.05, 0.1) is 0 Å². The number of benzene rings is 1. The second-order valence-corrected chi connectivity index (χ2v) is 5.29. The summed E-state index contributed by atoms with van der Waals surface area (Å²) in [6.45, 7) is 0.822. The van der Waals surface area contributed by atoms with Crippen LogP contribution in [0.1, 0.15) is 12.0 Å². The Morgan fingerprint density at radius 1 is 1.19 bits per heavy atom. The molecule has 0 radical (unpaired) electrons. The van der Waals surface area contributed by atoms with Crippen molar-refractivity contribution in [3.8, 4) is 0 Å². The molecule has 4 nitrogen and oxygen atoms in total. The normalized spacial score (nSPS) is 18.2. The summed E-state index contributed by atoms with van der Waals surface area (Å²) in [5, 5.41) is 5.06. The quantitative estimate of drug-likeness (QED) is 0.834. The maximum atomic E-state index is 11.1. The van der Waals surface area contributed by atoms with Crippen LogP contribution in [0.2, 0.25) is 0 Å². The highest BCUT2D eigenvalue weighted by molar-refractivity contribution is 7.86. The summed E-state index contributed by atoms with van der Waals surface area (Å²) in [6, 6.07) is 9.96. The van der Waals surface area contributed by atoms with Crippen molar-refractivity contribution in [1.82, 2.24) is 4.31 Å². The zero-order valence-electron chi connectivity index (χ0n) is 8.83. The Balaban J connectivity index is 2.16. The third-order valence-electron chi connectivity index (χ3n) is 2.68. The van der Waals surface area contributed by atoms with Crippen molar-refractivity contribution in [3.63, 3.8) is 0 Å². The standard InChI is InChI=1S/C11H14N2O2S/c12-16(14,15)13-8-6-11(7-9-13)10-4-2-1-3-5-10/h1-6H,7-9H2,(H2,12,14,15). The molecule has 5 heteroatoms. The van der Waals surface area contributed by atoms with Gasteiger partial charge in [0.25, 0.3) is 10.2 Å². The fraction of sp³-hybridized carbons (Fsp3) is 0.273. The molecule has 1 heterocycles. The van der Waals surface area contributed by atoms with E-state index in [1.54, 1.807) is 0 Å². The van der Waals surface area contributed by atoms with Crippen molar-refractivity contribution in [3.05, 3.63) is 42.0 Å². The third-order valence-corrected chi connectivity index (χ3v) is 3.73. The van der Waals surface area contributed by atoms with E-state index in [9.17, 15) is 8.42 Å². The van der Waals surface area contributed by atoms with Crippen molar-refractivity contribution in [2.24, 2.45) is 5.14 Å². The number of nitrogens with zero attached hydrogens (tertiary/aromatic N) is 1. The average molecular weight is 238 g/mol. The second kappa shape index (κ2) is 4.37. The van der Waals surface area contributed by atoms with Crippen LogP contribution in [0, 0.1) is 0 Å². The molecule has 0 atom stereocenters. The van der Waals surface area contributed by atoms with Gasteiger partial charge in [-0.15, -0.1) is 0 Å². The molecular weight excluding hydrogens is 224 g/mol. The zero-order valence-corrected chi connectivity index (χ0v) is 9.65. The molecule has 1 aromatic rings. The first kappa shape index (κ1) is 11.3. The number of nitrogens with two attached hydrogens (primary N) is 1. The van der Waals surface area contributed by atoms with Crippen LogP contribution in [0.4, 0.5) is 0 Å². The summed E-state index contributed by atoms with van der Waals surface area (Å²) in [6.07, 6.45) is 2.63. The van der Waals surface area contributed by atoms with Crippen molar-refractivity contribution in [1.29, 1.82) is 0 Å². The molecular formula is C11H14N2O2S. The first-order valence-electron chi connectivity index (χ1n) is 5.10. The van der Waals surface area contributed by atoms with Gasteiger partial charge in [0.15, 0.2) is 0 Å². The molecule has 1 aliphatic heterocycles. The number of hydrogen-bond acceptors (Lipinski definition) is 2. The van der Waals surface area contributed by atoms with E-state index in [0.717, 1.165) is 5.56 Å². The van der Waals surface area contributed by atoms with Gasteiger partial charge in [-0.2, -0.15) is 12.7 Å². The summed E-state index contributed by atoms with van der Waals surface area (Å²) in [5.74, 6) is 0. The first-order valence-corrected chi connectivity index (χ1v) is 6.60. The Morgan fingerprint density at radius 2 is 1.88 bits per heavy atom. The van der Waals surface area contributed by atoms with E-state index in [4.69, 9.17) is 5.14 Å². The van der Waals surface area contributed by atoms with Gasteiger partial charge in [-0.05, 0) is 17.6 Å². The van der Waals surface area contributed by atoms with Crippen LogP contribution in [0.25, 0.3) is 5.57 Å². The first-order chi connectivity index (χ1) is 7.57. The minimum absolute atomic E-state index is 0.364. The molecule has 1 aliphatic rings. The topological polar surface area (TPSA) is 63.4 Å². The van der Waals surface area contributed by atoms with E-state index >= 15 is 0 Å². The van der Waals surface area contributed by atoms with Gasteiger partial charge >= 0.3 is 0 Å². The molecule has 0 bridgehead atoms. The molecule has 0 unspecified atom stereocenters. The summed E-state index contributed by atoms with van der Waals surface area (Å²) in [5.41, 5.74) is 2.33. The molecule has 0 fully saturated rings. The lowest BCUT2D eigenvalue weighted by atomic mass is 10.0. The minimum atomic E-state index is -3.54. The largest absolute Gasteiger partial charge is 0.277 e. The summed E-state index contributed by atoms with van der Waals surface area (Å²) >= 11 is 0. The van der Waals surface area contributed by atoms with Crippen LogP contribution in [-0.4, -0.2) is 25.8 Å². The Morgan fingerprint density at radius 3 is 2.38 bits per heavy atom. The fourth-order valence-corrected chi connectivity index (χ4v) is 2.42.